The molecule has 2 aliphatic rings. The first-order valence-corrected chi connectivity index (χ1v) is 8.18. The van der Waals surface area contributed by atoms with Gasteiger partial charge in [-0.15, -0.1) is 0 Å². The van der Waals surface area contributed by atoms with Crippen molar-refractivity contribution in [1.82, 2.24) is 9.80 Å². The Morgan fingerprint density at radius 2 is 1.75 bits per heavy atom. The number of hydrogen-bond donors (Lipinski definition) is 0. The fourth-order valence-electron chi connectivity index (χ4n) is 2.82. The first kappa shape index (κ1) is 17.8. The summed E-state index contributed by atoms with van der Waals surface area (Å²) in [6.45, 7) is 13.2. The fraction of sp³-hybridized carbons (Fsp3) is 1.00. The van der Waals surface area contributed by atoms with E-state index in [1.54, 1.807) is 0 Å². The number of rotatable bonds is 2. The molecule has 0 aromatic carbocycles. The van der Waals surface area contributed by atoms with Gasteiger partial charge in [-0.05, 0) is 65.2 Å². The minimum atomic E-state index is -2.44. The Bertz CT molecular complexity index is 261. The van der Waals surface area contributed by atoms with Crippen molar-refractivity contribution in [2.75, 3.05) is 32.7 Å². The molecule has 2 fully saturated rings. The molecule has 2 aliphatic heterocycles. The van der Waals surface area contributed by atoms with Gasteiger partial charge in [0.2, 0.25) is 0 Å². The van der Waals surface area contributed by atoms with Gasteiger partial charge in [-0.25, -0.2) is 8.78 Å². The van der Waals surface area contributed by atoms with Crippen molar-refractivity contribution < 1.29 is 8.78 Å². The van der Waals surface area contributed by atoms with E-state index in [-0.39, 0.29) is 19.0 Å². The van der Waals surface area contributed by atoms with Crippen LogP contribution in [0, 0.1) is 5.92 Å². The Morgan fingerprint density at radius 3 is 2.15 bits per heavy atom. The molecule has 4 heteroatoms. The summed E-state index contributed by atoms with van der Waals surface area (Å²) in [7, 11) is 0. The van der Waals surface area contributed by atoms with Crippen molar-refractivity contribution in [3.8, 4) is 0 Å². The van der Waals surface area contributed by atoms with Crippen molar-refractivity contribution in [1.29, 1.82) is 0 Å². The molecule has 0 atom stereocenters. The number of hydrogen-bond acceptors (Lipinski definition) is 2. The van der Waals surface area contributed by atoms with Crippen LogP contribution in [0.4, 0.5) is 8.78 Å². The topological polar surface area (TPSA) is 6.48 Å². The Kier molecular flexibility index (Phi) is 7.38. The van der Waals surface area contributed by atoms with E-state index in [4.69, 9.17) is 0 Å². The summed E-state index contributed by atoms with van der Waals surface area (Å²) in [6, 6.07) is 0.251. The van der Waals surface area contributed by atoms with Gasteiger partial charge in [0.05, 0.1) is 6.54 Å². The van der Waals surface area contributed by atoms with Gasteiger partial charge in [0, 0.05) is 12.5 Å². The molecule has 0 N–H and O–H groups in total. The van der Waals surface area contributed by atoms with Gasteiger partial charge >= 0.3 is 0 Å². The van der Waals surface area contributed by atoms with E-state index in [0.717, 1.165) is 12.5 Å². The number of nitrogens with zero attached hydrogens (tertiary/aromatic N) is 2. The van der Waals surface area contributed by atoms with Crippen LogP contribution in [0.5, 0.6) is 0 Å². The van der Waals surface area contributed by atoms with E-state index in [1.165, 1.54) is 32.5 Å². The molecule has 20 heavy (non-hydrogen) atoms. The summed E-state index contributed by atoms with van der Waals surface area (Å²) in [5.74, 6) is -1.46. The highest BCUT2D eigenvalue weighted by Crippen LogP contribution is 2.27. The molecule has 2 saturated heterocycles. The molecule has 0 aromatic heterocycles. The molecule has 2 rings (SSSR count). The van der Waals surface area contributed by atoms with Crippen molar-refractivity contribution in [2.24, 2.45) is 5.92 Å². The van der Waals surface area contributed by atoms with Crippen LogP contribution in [-0.2, 0) is 0 Å². The Morgan fingerprint density at radius 1 is 1.15 bits per heavy atom. The van der Waals surface area contributed by atoms with E-state index in [1.807, 2.05) is 18.7 Å². The number of likely N-dealkylation sites (tertiary alicyclic amines) is 2. The zero-order valence-electron chi connectivity index (χ0n) is 13.7. The summed E-state index contributed by atoms with van der Waals surface area (Å²) in [5.41, 5.74) is 0. The predicted molar refractivity (Wildman–Crippen MR) is 81.4 cm³/mol. The second-order valence-electron chi connectivity index (χ2n) is 6.64. The SMILES string of the molecule is CC(C)N1CCCC(F)(F)C1.CCN1CCC(C)CC1. The van der Waals surface area contributed by atoms with Crippen molar-refractivity contribution >= 4 is 0 Å². The summed E-state index contributed by atoms with van der Waals surface area (Å²) in [6.07, 6.45) is 3.52. The molecule has 0 aliphatic carbocycles. The van der Waals surface area contributed by atoms with Crippen LogP contribution in [0.3, 0.4) is 0 Å². The van der Waals surface area contributed by atoms with Crippen molar-refractivity contribution in [2.45, 2.75) is 65.3 Å². The molecule has 0 aromatic rings. The van der Waals surface area contributed by atoms with E-state index in [2.05, 4.69) is 18.7 Å². The molecule has 0 saturated carbocycles. The largest absolute Gasteiger partial charge is 0.304 e. The fourth-order valence-corrected chi connectivity index (χ4v) is 2.82. The summed E-state index contributed by atoms with van der Waals surface area (Å²) in [5, 5.41) is 0. The summed E-state index contributed by atoms with van der Waals surface area (Å²) < 4.78 is 25.5. The van der Waals surface area contributed by atoms with Crippen molar-refractivity contribution in [3.63, 3.8) is 0 Å². The standard InChI is InChI=1S/C8H15F2N.C8H17N/c1-7(2)11-5-3-4-8(9,10)6-11;1-3-9-6-4-8(2)5-7-9/h7H,3-6H2,1-2H3;8H,3-7H2,1-2H3. The average molecular weight is 290 g/mol. The van der Waals surface area contributed by atoms with Crippen LogP contribution in [0.25, 0.3) is 0 Å². The molecule has 0 bridgehead atoms. The van der Waals surface area contributed by atoms with Gasteiger partial charge in [-0.2, -0.15) is 0 Å². The lowest BCUT2D eigenvalue weighted by Crippen LogP contribution is -2.45. The lowest BCUT2D eigenvalue weighted by atomic mass is 9.99. The van der Waals surface area contributed by atoms with Crippen molar-refractivity contribution in [3.05, 3.63) is 0 Å². The average Bonchev–Trinajstić information content (AvgIpc) is 2.39. The molecule has 0 radical (unpaired) electrons. The molecule has 0 spiro atoms. The monoisotopic (exact) mass is 290 g/mol. The highest BCUT2D eigenvalue weighted by Gasteiger charge is 2.35. The third-order valence-electron chi connectivity index (χ3n) is 4.48. The van der Waals surface area contributed by atoms with Crippen LogP contribution < -0.4 is 0 Å². The molecular formula is C16H32F2N2. The van der Waals surface area contributed by atoms with Crippen LogP contribution >= 0.6 is 0 Å². The van der Waals surface area contributed by atoms with E-state index >= 15 is 0 Å². The third kappa shape index (κ3) is 6.49. The van der Waals surface area contributed by atoms with E-state index < -0.39 is 5.92 Å². The maximum atomic E-state index is 12.8. The van der Waals surface area contributed by atoms with Gasteiger partial charge in [-0.3, -0.25) is 4.90 Å². The Labute approximate surface area is 123 Å². The second kappa shape index (κ2) is 8.28. The molecule has 0 amide bonds. The van der Waals surface area contributed by atoms with Crippen LogP contribution in [0.15, 0.2) is 0 Å². The maximum Gasteiger partial charge on any atom is 0.260 e. The molecule has 2 nitrogen and oxygen atoms in total. The Balaban J connectivity index is 0.000000204. The highest BCUT2D eigenvalue weighted by molar-refractivity contribution is 4.80. The minimum absolute atomic E-state index is 0.0509. The molecular weight excluding hydrogens is 258 g/mol. The second-order valence-corrected chi connectivity index (χ2v) is 6.64. The highest BCUT2D eigenvalue weighted by atomic mass is 19.3. The van der Waals surface area contributed by atoms with Gasteiger partial charge in [0.15, 0.2) is 0 Å². The predicted octanol–water partition coefficient (Wildman–Crippen LogP) is 3.86. The van der Waals surface area contributed by atoms with Crippen LogP contribution in [-0.4, -0.2) is 54.5 Å². The van der Waals surface area contributed by atoms with Crippen LogP contribution in [0.2, 0.25) is 0 Å². The van der Waals surface area contributed by atoms with Gasteiger partial charge in [-0.1, -0.05) is 13.8 Å². The van der Waals surface area contributed by atoms with Crippen LogP contribution in [0.1, 0.15) is 53.4 Å². The lowest BCUT2D eigenvalue weighted by molar-refractivity contribution is -0.0715. The van der Waals surface area contributed by atoms with E-state index in [0.29, 0.717) is 6.42 Å². The zero-order chi connectivity index (χ0) is 15.2. The van der Waals surface area contributed by atoms with Gasteiger partial charge in [0.1, 0.15) is 0 Å². The number of alkyl halides is 2. The maximum absolute atomic E-state index is 12.8. The lowest BCUT2D eigenvalue weighted by Gasteiger charge is -2.34. The molecule has 0 unspecified atom stereocenters. The number of piperidine rings is 2. The van der Waals surface area contributed by atoms with Gasteiger partial charge in [0.25, 0.3) is 5.92 Å². The minimum Gasteiger partial charge on any atom is -0.304 e. The molecule has 120 valence electrons. The number of halogens is 2. The normalized spacial score (nSPS) is 25.4. The quantitative estimate of drug-likeness (QED) is 0.762. The van der Waals surface area contributed by atoms with E-state index in [9.17, 15) is 8.78 Å². The third-order valence-corrected chi connectivity index (χ3v) is 4.48. The summed E-state index contributed by atoms with van der Waals surface area (Å²) >= 11 is 0. The first-order valence-electron chi connectivity index (χ1n) is 8.18. The summed E-state index contributed by atoms with van der Waals surface area (Å²) in [4.78, 5) is 4.36. The molecule has 2 heterocycles. The first-order chi connectivity index (χ1) is 9.34. The zero-order valence-corrected chi connectivity index (χ0v) is 13.7. The Hall–Kier alpha value is -0.220. The van der Waals surface area contributed by atoms with Gasteiger partial charge < -0.3 is 4.90 Å². The smallest absolute Gasteiger partial charge is 0.260 e.